The van der Waals surface area contributed by atoms with Gasteiger partial charge in [0.1, 0.15) is 0 Å². The lowest BCUT2D eigenvalue weighted by Gasteiger charge is -2.08. The highest BCUT2D eigenvalue weighted by atomic mass is 16.5. The summed E-state index contributed by atoms with van der Waals surface area (Å²) in [6.07, 6.45) is 4.40. The lowest BCUT2D eigenvalue weighted by atomic mass is 10.0. The average molecular weight is 380 g/mol. The van der Waals surface area contributed by atoms with Gasteiger partial charge in [-0.15, -0.1) is 0 Å². The van der Waals surface area contributed by atoms with E-state index in [4.69, 9.17) is 9.84 Å². The van der Waals surface area contributed by atoms with Crippen molar-refractivity contribution in [3.05, 3.63) is 47.9 Å². The number of aromatic nitrogens is 4. The summed E-state index contributed by atoms with van der Waals surface area (Å²) in [7, 11) is 3.68. The van der Waals surface area contributed by atoms with E-state index in [1.165, 1.54) is 6.20 Å². The maximum Gasteiger partial charge on any atom is 0.252 e. The second kappa shape index (κ2) is 7.93. The molecule has 1 saturated heterocycles. The third kappa shape index (κ3) is 3.68. The summed E-state index contributed by atoms with van der Waals surface area (Å²) in [5.74, 6) is 0.742. The highest BCUT2D eigenvalue weighted by Gasteiger charge is 2.26. The Kier molecular flexibility index (Phi) is 5.21. The molecule has 0 radical (unpaired) electrons. The number of fused-ring (bicyclic) bond motifs is 1. The summed E-state index contributed by atoms with van der Waals surface area (Å²) < 4.78 is 6.91. The topological polar surface area (TPSA) is 85.2 Å². The molecule has 4 rings (SSSR count). The minimum Gasteiger partial charge on any atom is -0.481 e. The van der Waals surface area contributed by atoms with E-state index in [-0.39, 0.29) is 5.91 Å². The first-order valence-electron chi connectivity index (χ1n) is 9.44. The van der Waals surface area contributed by atoms with Gasteiger partial charge in [-0.3, -0.25) is 4.79 Å². The first-order valence-corrected chi connectivity index (χ1v) is 9.44. The van der Waals surface area contributed by atoms with Crippen molar-refractivity contribution in [3.8, 4) is 5.88 Å². The van der Waals surface area contributed by atoms with Crippen LogP contribution in [0.3, 0.4) is 0 Å². The van der Waals surface area contributed by atoms with E-state index in [0.29, 0.717) is 30.5 Å². The number of ether oxygens (including phenoxy) is 1. The van der Waals surface area contributed by atoms with Crippen molar-refractivity contribution in [3.63, 3.8) is 0 Å². The molecule has 1 amide bonds. The average Bonchev–Trinajstić information content (AvgIpc) is 3.32. The normalized spacial score (nSPS) is 17.1. The summed E-state index contributed by atoms with van der Waals surface area (Å²) in [5, 5.41) is 8.87. The van der Waals surface area contributed by atoms with E-state index >= 15 is 0 Å². The van der Waals surface area contributed by atoms with E-state index in [0.717, 1.165) is 36.2 Å². The number of methoxy groups -OCH3 is 1. The van der Waals surface area contributed by atoms with Crippen LogP contribution in [-0.4, -0.2) is 64.3 Å². The molecule has 1 atom stereocenters. The minimum atomic E-state index is -0.169. The van der Waals surface area contributed by atoms with Gasteiger partial charge < -0.3 is 15.0 Å². The molecule has 0 aliphatic carbocycles. The highest BCUT2D eigenvalue weighted by Crippen LogP contribution is 2.30. The third-order valence-corrected chi connectivity index (χ3v) is 5.13. The molecule has 0 bridgehead atoms. The molecule has 0 unspecified atom stereocenters. The number of amides is 1. The maximum atomic E-state index is 12.3. The number of carbonyl (C=O) groups excluding carboxylic acids is 1. The van der Waals surface area contributed by atoms with Gasteiger partial charge in [-0.2, -0.15) is 5.10 Å². The summed E-state index contributed by atoms with van der Waals surface area (Å²) in [4.78, 5) is 23.2. The number of likely N-dealkylation sites (N-methyl/N-ethyl adjacent to an activating group) is 1. The monoisotopic (exact) mass is 380 g/mol. The van der Waals surface area contributed by atoms with Crippen molar-refractivity contribution >= 4 is 16.9 Å². The molecule has 3 aromatic rings. The molecule has 1 fully saturated rings. The van der Waals surface area contributed by atoms with Crippen LogP contribution in [0.2, 0.25) is 0 Å². The van der Waals surface area contributed by atoms with E-state index in [9.17, 15) is 4.79 Å². The fraction of sp³-hybridized carbons (Fsp3) is 0.400. The maximum absolute atomic E-state index is 12.3. The van der Waals surface area contributed by atoms with E-state index in [1.807, 2.05) is 10.7 Å². The van der Waals surface area contributed by atoms with Gasteiger partial charge in [0, 0.05) is 42.9 Å². The van der Waals surface area contributed by atoms with Crippen molar-refractivity contribution in [1.29, 1.82) is 0 Å². The largest absolute Gasteiger partial charge is 0.481 e. The van der Waals surface area contributed by atoms with Crippen LogP contribution >= 0.6 is 0 Å². The van der Waals surface area contributed by atoms with E-state index < -0.39 is 0 Å². The molecular formula is C20H24N6O2. The molecule has 4 heterocycles. The molecule has 0 spiro atoms. The number of rotatable bonds is 6. The Hall–Kier alpha value is -3.00. The van der Waals surface area contributed by atoms with Gasteiger partial charge in [0.05, 0.1) is 24.9 Å². The molecule has 8 heteroatoms. The van der Waals surface area contributed by atoms with Gasteiger partial charge in [-0.05, 0) is 38.2 Å². The summed E-state index contributed by atoms with van der Waals surface area (Å²) in [6, 6.07) is 7.40. The molecule has 8 nitrogen and oxygen atoms in total. The number of likely N-dealkylation sites (tertiary alicyclic amines) is 1. The summed E-state index contributed by atoms with van der Waals surface area (Å²) >= 11 is 0. The van der Waals surface area contributed by atoms with Crippen molar-refractivity contribution in [1.82, 2.24) is 30.0 Å². The molecule has 3 aromatic heterocycles. The van der Waals surface area contributed by atoms with E-state index in [1.54, 1.807) is 25.4 Å². The van der Waals surface area contributed by atoms with Crippen LogP contribution in [0.1, 0.15) is 28.4 Å². The second-order valence-corrected chi connectivity index (χ2v) is 7.08. The van der Waals surface area contributed by atoms with Crippen LogP contribution in [0, 0.1) is 0 Å². The molecule has 1 N–H and O–H groups in total. The first-order chi connectivity index (χ1) is 13.7. The smallest absolute Gasteiger partial charge is 0.252 e. The SMILES string of the molecule is COc1ccc(C(=O)NCCn2nc([C@H]3CCN(C)C3)c3cccnc32)cn1. The quantitative estimate of drug-likeness (QED) is 0.700. The van der Waals surface area contributed by atoms with Gasteiger partial charge in [-0.1, -0.05) is 0 Å². The zero-order valence-electron chi connectivity index (χ0n) is 16.1. The number of carbonyl (C=O) groups is 1. The van der Waals surface area contributed by atoms with Gasteiger partial charge in [0.25, 0.3) is 5.91 Å². The van der Waals surface area contributed by atoms with Crippen LogP contribution in [0.5, 0.6) is 5.88 Å². The lowest BCUT2D eigenvalue weighted by molar-refractivity contribution is 0.0951. The number of pyridine rings is 2. The zero-order valence-corrected chi connectivity index (χ0v) is 16.1. The molecular weight excluding hydrogens is 356 g/mol. The highest BCUT2D eigenvalue weighted by molar-refractivity contribution is 5.93. The molecule has 146 valence electrons. The fourth-order valence-corrected chi connectivity index (χ4v) is 3.66. The molecule has 1 aliphatic heterocycles. The molecule has 1 aliphatic rings. The number of nitrogens with zero attached hydrogens (tertiary/aromatic N) is 5. The van der Waals surface area contributed by atoms with Gasteiger partial charge in [-0.25, -0.2) is 14.6 Å². The van der Waals surface area contributed by atoms with Gasteiger partial charge in [0.15, 0.2) is 5.65 Å². The van der Waals surface area contributed by atoms with Crippen LogP contribution in [0.4, 0.5) is 0 Å². The van der Waals surface area contributed by atoms with Gasteiger partial charge >= 0.3 is 0 Å². The van der Waals surface area contributed by atoms with Crippen LogP contribution in [0.15, 0.2) is 36.7 Å². The van der Waals surface area contributed by atoms with Gasteiger partial charge in [0.2, 0.25) is 5.88 Å². The minimum absolute atomic E-state index is 0.169. The van der Waals surface area contributed by atoms with Crippen LogP contribution in [-0.2, 0) is 6.54 Å². The number of nitrogens with one attached hydrogen (secondary N) is 1. The first kappa shape index (κ1) is 18.4. The molecule has 0 aromatic carbocycles. The Bertz CT molecular complexity index is 968. The van der Waals surface area contributed by atoms with Crippen molar-refractivity contribution in [2.75, 3.05) is 33.8 Å². The Morgan fingerprint density at radius 2 is 2.21 bits per heavy atom. The summed E-state index contributed by atoms with van der Waals surface area (Å²) in [5.41, 5.74) is 2.48. The van der Waals surface area contributed by atoms with E-state index in [2.05, 4.69) is 33.3 Å². The predicted molar refractivity (Wildman–Crippen MR) is 106 cm³/mol. The Morgan fingerprint density at radius 3 is 2.93 bits per heavy atom. The second-order valence-electron chi connectivity index (χ2n) is 7.08. The predicted octanol–water partition coefficient (Wildman–Crippen LogP) is 1.68. The standard InChI is InChI=1S/C20H24N6O2/c1-25-10-7-15(13-25)18-16-4-3-8-21-19(16)26(24-18)11-9-22-20(27)14-5-6-17(28-2)23-12-14/h3-6,8,12,15H,7,9-11,13H2,1-2H3,(H,22,27)/t15-/m0/s1. The van der Waals surface area contributed by atoms with Crippen LogP contribution < -0.4 is 10.1 Å². The lowest BCUT2D eigenvalue weighted by Crippen LogP contribution is -2.27. The van der Waals surface area contributed by atoms with Crippen molar-refractivity contribution < 1.29 is 9.53 Å². The molecule has 28 heavy (non-hydrogen) atoms. The number of hydrogen-bond donors (Lipinski definition) is 1. The van der Waals surface area contributed by atoms with Crippen molar-refractivity contribution in [2.24, 2.45) is 0 Å². The fourth-order valence-electron chi connectivity index (χ4n) is 3.66. The molecule has 0 saturated carbocycles. The summed E-state index contributed by atoms with van der Waals surface area (Å²) in [6.45, 7) is 3.13. The Morgan fingerprint density at radius 1 is 1.32 bits per heavy atom. The van der Waals surface area contributed by atoms with Crippen LogP contribution in [0.25, 0.3) is 11.0 Å². The third-order valence-electron chi connectivity index (χ3n) is 5.13. The van der Waals surface area contributed by atoms with Crippen molar-refractivity contribution in [2.45, 2.75) is 18.9 Å². The Labute approximate surface area is 163 Å². The Balaban J connectivity index is 1.45. The number of hydrogen-bond acceptors (Lipinski definition) is 6. The zero-order chi connectivity index (χ0) is 19.5.